The van der Waals surface area contributed by atoms with E-state index >= 15 is 0 Å². The molecule has 2 aromatic carbocycles. The van der Waals surface area contributed by atoms with Crippen LogP contribution in [0.3, 0.4) is 0 Å². The second kappa shape index (κ2) is 9.17. The minimum Gasteiger partial charge on any atom is -0.360 e. The van der Waals surface area contributed by atoms with E-state index in [1.165, 1.54) is 23.8 Å². The molecule has 1 amide bonds. The fraction of sp³-hybridized carbons (Fsp3) is 0.345. The van der Waals surface area contributed by atoms with Crippen molar-refractivity contribution in [2.24, 2.45) is 0 Å². The van der Waals surface area contributed by atoms with Crippen molar-refractivity contribution < 1.29 is 4.79 Å². The third-order valence-electron chi connectivity index (χ3n) is 7.34. The zero-order chi connectivity index (χ0) is 23.8. The van der Waals surface area contributed by atoms with Crippen LogP contribution in [0.5, 0.6) is 0 Å². The van der Waals surface area contributed by atoms with Crippen molar-refractivity contribution >= 4 is 22.8 Å². The molecule has 0 spiro atoms. The topological polar surface area (TPSA) is 82.7 Å². The number of hydrogen-bond donors (Lipinski definition) is 3. The van der Waals surface area contributed by atoms with Crippen LogP contribution in [0.15, 0.2) is 60.9 Å². The minimum atomic E-state index is 0.00214. The van der Waals surface area contributed by atoms with E-state index in [0.29, 0.717) is 17.4 Å². The monoisotopic (exact) mass is 465 g/mol. The largest absolute Gasteiger partial charge is 0.360 e. The van der Waals surface area contributed by atoms with Gasteiger partial charge in [0.2, 0.25) is 5.95 Å². The van der Waals surface area contributed by atoms with Gasteiger partial charge in [-0.1, -0.05) is 35.9 Å². The van der Waals surface area contributed by atoms with Crippen LogP contribution < -0.4 is 10.6 Å². The number of fused-ring (bicyclic) bond motifs is 1. The van der Waals surface area contributed by atoms with E-state index < -0.39 is 0 Å². The van der Waals surface area contributed by atoms with Crippen molar-refractivity contribution in [2.45, 2.75) is 63.5 Å². The molecule has 3 N–H and O–H groups in total. The van der Waals surface area contributed by atoms with Gasteiger partial charge in [0, 0.05) is 52.1 Å². The summed E-state index contributed by atoms with van der Waals surface area (Å²) < 4.78 is 0. The molecule has 6 nitrogen and oxygen atoms in total. The summed E-state index contributed by atoms with van der Waals surface area (Å²) in [6.07, 6.45) is 10.5. The molecule has 0 radical (unpaired) electrons. The molecule has 0 unspecified atom stereocenters. The number of nitrogens with one attached hydrogen (secondary N) is 3. The molecule has 0 aliphatic heterocycles. The van der Waals surface area contributed by atoms with Crippen LogP contribution >= 0.6 is 0 Å². The lowest BCUT2D eigenvalue weighted by Gasteiger charge is -2.30. The molecular weight excluding hydrogens is 434 g/mol. The maximum absolute atomic E-state index is 12.7. The summed E-state index contributed by atoms with van der Waals surface area (Å²) in [6.45, 7) is 2.03. The molecule has 6 heteroatoms. The summed E-state index contributed by atoms with van der Waals surface area (Å²) in [6, 6.07) is 16.5. The summed E-state index contributed by atoms with van der Waals surface area (Å²) in [7, 11) is 0. The number of aryl methyl sites for hydroxylation is 1. The molecule has 178 valence electrons. The average molecular weight is 466 g/mol. The second-order valence-electron chi connectivity index (χ2n) is 10.1. The summed E-state index contributed by atoms with van der Waals surface area (Å²) >= 11 is 0. The lowest BCUT2D eigenvalue weighted by molar-refractivity contribution is 0.0926. The Labute approximate surface area is 205 Å². The molecule has 2 heterocycles. The van der Waals surface area contributed by atoms with Crippen molar-refractivity contribution in [1.29, 1.82) is 0 Å². The lowest BCUT2D eigenvalue weighted by Crippen LogP contribution is -2.42. The fourth-order valence-corrected chi connectivity index (χ4v) is 5.25. The first-order chi connectivity index (χ1) is 17.1. The minimum absolute atomic E-state index is 0.00214. The number of hydrogen-bond acceptors (Lipinski definition) is 4. The number of H-pyrrole nitrogens is 1. The quantitative estimate of drug-likeness (QED) is 0.328. The molecule has 2 aliphatic rings. The normalized spacial score (nSPS) is 20.0. The first-order valence-electron chi connectivity index (χ1n) is 12.7. The third-order valence-corrected chi connectivity index (χ3v) is 7.34. The zero-order valence-corrected chi connectivity index (χ0v) is 20.1. The lowest BCUT2D eigenvalue weighted by atomic mass is 9.91. The molecule has 2 aliphatic carbocycles. The van der Waals surface area contributed by atoms with E-state index in [1.54, 1.807) is 0 Å². The highest BCUT2D eigenvalue weighted by atomic mass is 16.1. The van der Waals surface area contributed by atoms with Gasteiger partial charge in [-0.25, -0.2) is 9.97 Å². The molecule has 2 fully saturated rings. The summed E-state index contributed by atoms with van der Waals surface area (Å²) in [5, 5.41) is 8.01. The van der Waals surface area contributed by atoms with Crippen LogP contribution in [0.2, 0.25) is 0 Å². The number of amides is 1. The molecule has 0 bridgehead atoms. The van der Waals surface area contributed by atoms with Crippen LogP contribution in [-0.4, -0.2) is 32.9 Å². The van der Waals surface area contributed by atoms with Crippen LogP contribution in [0, 0.1) is 6.92 Å². The molecule has 2 atom stereocenters. The van der Waals surface area contributed by atoms with E-state index in [2.05, 4.69) is 46.1 Å². The van der Waals surface area contributed by atoms with Gasteiger partial charge in [0.1, 0.15) is 0 Å². The number of carbonyl (C=O) groups is 1. The van der Waals surface area contributed by atoms with Crippen LogP contribution in [-0.2, 0) is 0 Å². The van der Waals surface area contributed by atoms with E-state index in [4.69, 9.17) is 9.97 Å². The number of aromatic amines is 1. The van der Waals surface area contributed by atoms with E-state index in [0.717, 1.165) is 48.0 Å². The van der Waals surface area contributed by atoms with Crippen LogP contribution in [0.4, 0.5) is 5.95 Å². The smallest absolute Gasteiger partial charge is 0.251 e. The fourth-order valence-electron chi connectivity index (χ4n) is 5.25. The Kier molecular flexibility index (Phi) is 5.72. The number of nitrogens with zero attached hydrogens (tertiary/aromatic N) is 2. The van der Waals surface area contributed by atoms with Crippen molar-refractivity contribution in [3.8, 4) is 11.3 Å². The number of para-hydroxylation sites is 1. The number of anilines is 1. The van der Waals surface area contributed by atoms with Crippen LogP contribution in [0.25, 0.3) is 22.2 Å². The highest BCUT2D eigenvalue weighted by Crippen LogP contribution is 2.44. The molecule has 35 heavy (non-hydrogen) atoms. The second-order valence-corrected chi connectivity index (χ2v) is 10.1. The van der Waals surface area contributed by atoms with Gasteiger partial charge >= 0.3 is 0 Å². The molecule has 2 saturated carbocycles. The number of carbonyl (C=O) groups excluding carboxylic acids is 1. The summed E-state index contributed by atoms with van der Waals surface area (Å²) in [5.41, 5.74) is 6.41. The first kappa shape index (κ1) is 21.8. The van der Waals surface area contributed by atoms with Gasteiger partial charge in [-0.15, -0.1) is 0 Å². The number of benzene rings is 2. The Morgan fingerprint density at radius 2 is 1.80 bits per heavy atom. The zero-order valence-electron chi connectivity index (χ0n) is 20.1. The SMILES string of the molecule is Cc1ccc(C(=O)N[C@H]2CCC[C@@H](Nc3ncc(C4CC4)c(-c4c[nH]c5ccccc45)n3)C2)cc1. The van der Waals surface area contributed by atoms with Gasteiger partial charge in [-0.2, -0.15) is 0 Å². The summed E-state index contributed by atoms with van der Waals surface area (Å²) in [5.74, 6) is 1.23. The maximum Gasteiger partial charge on any atom is 0.251 e. The first-order valence-corrected chi connectivity index (χ1v) is 12.7. The Hall–Kier alpha value is -3.67. The average Bonchev–Trinajstić information content (AvgIpc) is 3.63. The molecule has 2 aromatic heterocycles. The third kappa shape index (κ3) is 4.65. The molecular formula is C29H31N5O. The number of aromatic nitrogens is 3. The predicted octanol–water partition coefficient (Wildman–Crippen LogP) is 5.96. The van der Waals surface area contributed by atoms with E-state index in [1.807, 2.05) is 37.4 Å². The van der Waals surface area contributed by atoms with Gasteiger partial charge in [-0.05, 0) is 69.6 Å². The predicted molar refractivity (Wildman–Crippen MR) is 140 cm³/mol. The molecule has 0 saturated heterocycles. The van der Waals surface area contributed by atoms with E-state index in [9.17, 15) is 4.79 Å². The number of rotatable bonds is 6. The summed E-state index contributed by atoms with van der Waals surface area (Å²) in [4.78, 5) is 25.9. The van der Waals surface area contributed by atoms with E-state index in [-0.39, 0.29) is 18.0 Å². The van der Waals surface area contributed by atoms with Crippen LogP contribution in [0.1, 0.15) is 65.9 Å². The highest BCUT2D eigenvalue weighted by molar-refractivity contribution is 5.95. The van der Waals surface area contributed by atoms with Gasteiger partial charge in [0.05, 0.1) is 5.69 Å². The van der Waals surface area contributed by atoms with Gasteiger partial charge < -0.3 is 15.6 Å². The van der Waals surface area contributed by atoms with Gasteiger partial charge in [0.25, 0.3) is 5.91 Å². The standard InChI is InChI=1S/C29H31N5O/c1-18-9-11-20(12-10-18)28(35)32-21-5-4-6-22(15-21)33-29-31-16-24(19-13-14-19)27(34-29)25-17-30-26-8-3-2-7-23(25)26/h2-3,7-12,16-17,19,21-22,30H,4-6,13-15H2,1H3,(H,32,35)(H,31,33,34)/t21-,22+/m0/s1. The Morgan fingerprint density at radius 3 is 2.63 bits per heavy atom. The highest BCUT2D eigenvalue weighted by Gasteiger charge is 2.30. The maximum atomic E-state index is 12.7. The van der Waals surface area contributed by atoms with Crippen molar-refractivity contribution in [2.75, 3.05) is 5.32 Å². The molecule has 4 aromatic rings. The van der Waals surface area contributed by atoms with Crippen molar-refractivity contribution in [3.63, 3.8) is 0 Å². The Bertz CT molecular complexity index is 1360. The van der Waals surface area contributed by atoms with Crippen molar-refractivity contribution in [3.05, 3.63) is 77.6 Å². The Morgan fingerprint density at radius 1 is 1.00 bits per heavy atom. The van der Waals surface area contributed by atoms with Gasteiger partial charge in [0.15, 0.2) is 0 Å². The Balaban J connectivity index is 1.19. The molecule has 6 rings (SSSR count). The van der Waals surface area contributed by atoms with Crippen molar-refractivity contribution in [1.82, 2.24) is 20.3 Å². The van der Waals surface area contributed by atoms with Gasteiger partial charge in [-0.3, -0.25) is 4.79 Å².